The summed E-state index contributed by atoms with van der Waals surface area (Å²) in [6, 6.07) is 3.20. The van der Waals surface area contributed by atoms with Crippen LogP contribution in [0.5, 0.6) is 0 Å². The van der Waals surface area contributed by atoms with E-state index in [0.717, 1.165) is 31.2 Å². The van der Waals surface area contributed by atoms with Gasteiger partial charge in [-0.15, -0.1) is 0 Å². The zero-order chi connectivity index (χ0) is 21.8. The molecule has 1 amide bonds. The van der Waals surface area contributed by atoms with Gasteiger partial charge in [0.2, 0.25) is 0 Å². The normalized spacial score (nSPS) is 21.3. The first-order valence-electron chi connectivity index (χ1n) is 9.50. The summed E-state index contributed by atoms with van der Waals surface area (Å²) in [7, 11) is -3.27. The van der Waals surface area contributed by atoms with E-state index in [1.165, 1.54) is 6.07 Å². The molecule has 3 rings (SSSR count). The van der Waals surface area contributed by atoms with Gasteiger partial charge >= 0.3 is 12.3 Å². The molecule has 162 valence electrons. The van der Waals surface area contributed by atoms with Gasteiger partial charge in [-0.2, -0.15) is 13.2 Å². The van der Waals surface area contributed by atoms with E-state index >= 15 is 0 Å². The number of hydrogen-bond donors (Lipinski definition) is 1. The summed E-state index contributed by atoms with van der Waals surface area (Å²) in [5.74, 6) is 0.244. The Balaban J connectivity index is 1.62. The first-order valence-corrected chi connectivity index (χ1v) is 11.5. The fraction of sp³-hybridized carbons (Fsp3) is 0.650. The van der Waals surface area contributed by atoms with Crippen LogP contribution in [-0.4, -0.2) is 40.1 Å². The van der Waals surface area contributed by atoms with Gasteiger partial charge in [0, 0.05) is 24.8 Å². The lowest BCUT2D eigenvalue weighted by atomic mass is 9.56. The summed E-state index contributed by atoms with van der Waals surface area (Å²) < 4.78 is 64.4. The Bertz CT molecular complexity index is 906. The Hall–Kier alpha value is -1.77. The summed E-state index contributed by atoms with van der Waals surface area (Å²) in [5.41, 5.74) is -0.814. The molecule has 1 unspecified atom stereocenters. The van der Waals surface area contributed by atoms with Gasteiger partial charge in [0.05, 0.1) is 20.2 Å². The maximum absolute atomic E-state index is 13.0. The Morgan fingerprint density at radius 2 is 1.86 bits per heavy atom. The van der Waals surface area contributed by atoms with Crippen molar-refractivity contribution in [3.05, 3.63) is 29.3 Å². The van der Waals surface area contributed by atoms with Crippen LogP contribution in [0.25, 0.3) is 0 Å². The van der Waals surface area contributed by atoms with Gasteiger partial charge in [0.25, 0.3) is 0 Å². The molecular weight excluding hydrogens is 405 g/mol. The van der Waals surface area contributed by atoms with Gasteiger partial charge in [-0.05, 0) is 63.6 Å². The van der Waals surface area contributed by atoms with E-state index in [1.54, 1.807) is 4.90 Å². The summed E-state index contributed by atoms with van der Waals surface area (Å²) in [6.07, 6.45) is -1.50. The van der Waals surface area contributed by atoms with E-state index in [0.29, 0.717) is 25.1 Å². The SMILES string of the molecule is CC(C)(C)OC(=O)N1CC2(CC(Cc3ccc(C(F)(F)F)cc3S(C)(=N)=O)C2)C1. The Morgan fingerprint density at radius 3 is 2.34 bits per heavy atom. The summed E-state index contributed by atoms with van der Waals surface area (Å²) in [6.45, 7) is 6.71. The number of benzene rings is 1. The van der Waals surface area contributed by atoms with Crippen molar-refractivity contribution in [2.45, 2.75) is 56.7 Å². The summed E-state index contributed by atoms with van der Waals surface area (Å²) in [5, 5.41) is 0. The van der Waals surface area contributed by atoms with Crippen LogP contribution in [0.4, 0.5) is 18.0 Å². The smallest absolute Gasteiger partial charge is 0.416 e. The lowest BCUT2D eigenvalue weighted by Gasteiger charge is -2.59. The quantitative estimate of drug-likeness (QED) is 0.736. The molecule has 1 spiro atoms. The largest absolute Gasteiger partial charge is 0.444 e. The van der Waals surface area contributed by atoms with Crippen LogP contribution in [0.3, 0.4) is 0 Å². The van der Waals surface area contributed by atoms with Crippen molar-refractivity contribution in [2.75, 3.05) is 19.3 Å². The first-order chi connectivity index (χ1) is 13.1. The molecular formula is C20H27F3N2O3S. The average Bonchev–Trinajstić information content (AvgIpc) is 2.44. The van der Waals surface area contributed by atoms with Crippen molar-refractivity contribution in [1.82, 2.24) is 4.90 Å². The highest BCUT2D eigenvalue weighted by molar-refractivity contribution is 7.91. The molecule has 1 N–H and O–H groups in total. The van der Waals surface area contributed by atoms with Crippen molar-refractivity contribution < 1.29 is 26.9 Å². The third kappa shape index (κ3) is 4.87. The van der Waals surface area contributed by atoms with E-state index < -0.39 is 27.1 Å². The third-order valence-corrected chi connectivity index (χ3v) is 6.69. The number of amides is 1. The molecule has 1 aromatic carbocycles. The zero-order valence-electron chi connectivity index (χ0n) is 17.1. The average molecular weight is 433 g/mol. The minimum Gasteiger partial charge on any atom is -0.444 e. The number of rotatable bonds is 3. The van der Waals surface area contributed by atoms with Gasteiger partial charge in [-0.25, -0.2) is 13.8 Å². The van der Waals surface area contributed by atoms with E-state index in [2.05, 4.69) is 0 Å². The standard InChI is InChI=1S/C20H27F3N2O3S/c1-18(2,3)28-17(26)25-11-19(12-25)9-13(10-19)7-14-5-6-15(20(21,22)23)8-16(14)29(4,24)27/h5-6,8,13,24H,7,9-12H2,1-4H3. The number of nitrogens with zero attached hydrogens (tertiary/aromatic N) is 1. The number of carbonyl (C=O) groups is 1. The second kappa shape index (κ2) is 6.89. The molecule has 0 aromatic heterocycles. The van der Waals surface area contributed by atoms with Gasteiger partial charge in [-0.3, -0.25) is 0 Å². The molecule has 2 fully saturated rings. The van der Waals surface area contributed by atoms with Crippen LogP contribution in [0.15, 0.2) is 23.1 Å². The fourth-order valence-corrected chi connectivity index (χ4v) is 5.36. The molecule has 1 atom stereocenters. The molecule has 1 heterocycles. The molecule has 1 aromatic rings. The Labute approximate surface area is 169 Å². The highest BCUT2D eigenvalue weighted by Crippen LogP contribution is 2.53. The number of hydrogen-bond acceptors (Lipinski definition) is 4. The maximum Gasteiger partial charge on any atom is 0.416 e. The topological polar surface area (TPSA) is 70.5 Å². The number of alkyl halides is 3. The van der Waals surface area contributed by atoms with Crippen LogP contribution < -0.4 is 0 Å². The van der Waals surface area contributed by atoms with E-state index in [-0.39, 0.29) is 22.3 Å². The molecule has 0 radical (unpaired) electrons. The highest BCUT2D eigenvalue weighted by Gasteiger charge is 2.54. The molecule has 29 heavy (non-hydrogen) atoms. The van der Waals surface area contributed by atoms with Crippen LogP contribution in [0, 0.1) is 16.1 Å². The van der Waals surface area contributed by atoms with Gasteiger partial charge in [0.1, 0.15) is 5.60 Å². The summed E-state index contributed by atoms with van der Waals surface area (Å²) in [4.78, 5) is 13.7. The number of halogens is 3. The van der Waals surface area contributed by atoms with Crippen molar-refractivity contribution in [3.8, 4) is 0 Å². The van der Waals surface area contributed by atoms with E-state index in [4.69, 9.17) is 9.52 Å². The number of carbonyl (C=O) groups excluding carboxylic acids is 1. The van der Waals surface area contributed by atoms with E-state index in [9.17, 15) is 22.2 Å². The van der Waals surface area contributed by atoms with Crippen molar-refractivity contribution in [2.24, 2.45) is 11.3 Å². The Morgan fingerprint density at radius 1 is 1.28 bits per heavy atom. The van der Waals surface area contributed by atoms with Crippen molar-refractivity contribution >= 4 is 15.8 Å². The predicted octanol–water partition coefficient (Wildman–Crippen LogP) is 4.93. The first kappa shape index (κ1) is 21.9. The fourth-order valence-electron chi connectivity index (χ4n) is 4.36. The molecule has 9 heteroatoms. The second-order valence-electron chi connectivity index (χ2n) is 9.48. The van der Waals surface area contributed by atoms with Gasteiger partial charge in [0.15, 0.2) is 0 Å². The van der Waals surface area contributed by atoms with E-state index in [1.807, 2.05) is 20.8 Å². The van der Waals surface area contributed by atoms with Crippen molar-refractivity contribution in [3.63, 3.8) is 0 Å². The third-order valence-electron chi connectivity index (χ3n) is 5.47. The number of ether oxygens (including phenoxy) is 1. The number of nitrogens with one attached hydrogen (secondary N) is 1. The molecule has 1 aliphatic carbocycles. The second-order valence-corrected chi connectivity index (χ2v) is 11.6. The van der Waals surface area contributed by atoms with Gasteiger partial charge in [-0.1, -0.05) is 6.07 Å². The van der Waals surface area contributed by atoms with Crippen LogP contribution in [0.1, 0.15) is 44.7 Å². The minimum absolute atomic E-state index is 0.0303. The molecule has 1 saturated heterocycles. The maximum atomic E-state index is 13.0. The molecule has 1 aliphatic heterocycles. The number of likely N-dealkylation sites (tertiary alicyclic amines) is 1. The zero-order valence-corrected chi connectivity index (χ0v) is 17.9. The molecule has 5 nitrogen and oxygen atoms in total. The van der Waals surface area contributed by atoms with Crippen molar-refractivity contribution in [1.29, 1.82) is 4.78 Å². The highest BCUT2D eigenvalue weighted by atomic mass is 32.2. The van der Waals surface area contributed by atoms with Crippen LogP contribution >= 0.6 is 0 Å². The lowest BCUT2D eigenvalue weighted by molar-refractivity contribution is -0.137. The van der Waals surface area contributed by atoms with Gasteiger partial charge < -0.3 is 9.64 Å². The minimum atomic E-state index is -4.53. The molecule has 2 aliphatic rings. The predicted molar refractivity (Wildman–Crippen MR) is 103 cm³/mol. The van der Waals surface area contributed by atoms with Crippen LogP contribution in [0.2, 0.25) is 0 Å². The van der Waals surface area contributed by atoms with Crippen LogP contribution in [-0.2, 0) is 27.1 Å². The summed E-state index contributed by atoms with van der Waals surface area (Å²) >= 11 is 0. The molecule has 0 bridgehead atoms. The molecule has 1 saturated carbocycles. The monoisotopic (exact) mass is 432 g/mol. The Kier molecular flexibility index (Phi) is 5.21. The lowest BCUT2D eigenvalue weighted by Crippen LogP contribution is -2.64.